The van der Waals surface area contributed by atoms with Crippen LogP contribution in [0.5, 0.6) is 0 Å². The molecule has 0 heterocycles. The molecule has 0 atom stereocenters. The zero-order chi connectivity index (χ0) is 15.2. The Morgan fingerprint density at radius 3 is 1.90 bits per heavy atom. The van der Waals surface area contributed by atoms with Gasteiger partial charge in [-0.2, -0.15) is 0 Å². The molecule has 118 valence electrons. The monoisotopic (exact) mass is 291 g/mol. The van der Waals surface area contributed by atoms with Crippen molar-refractivity contribution in [2.75, 3.05) is 60.3 Å². The van der Waals surface area contributed by atoms with Gasteiger partial charge >= 0.3 is 11.9 Å². The molecule has 0 aromatic rings. The van der Waals surface area contributed by atoms with Gasteiger partial charge in [0.15, 0.2) is 0 Å². The second kappa shape index (κ2) is 12.8. The van der Waals surface area contributed by atoms with Crippen LogP contribution < -0.4 is 0 Å². The number of rotatable bonds is 12. The summed E-state index contributed by atoms with van der Waals surface area (Å²) in [6.45, 7) is 4.76. The second-order valence-electron chi connectivity index (χ2n) is 4.14. The van der Waals surface area contributed by atoms with Crippen molar-refractivity contribution >= 4 is 11.9 Å². The van der Waals surface area contributed by atoms with Gasteiger partial charge in [-0.05, 0) is 0 Å². The number of esters is 2. The molecule has 0 N–H and O–H groups in total. The average molecular weight is 291 g/mol. The maximum absolute atomic E-state index is 11.5. The van der Waals surface area contributed by atoms with Crippen molar-refractivity contribution in [1.82, 2.24) is 4.90 Å². The predicted octanol–water partition coefficient (Wildman–Crippen LogP) is 0.0776. The number of nitrogens with zero attached hydrogens (tertiary/aromatic N) is 1. The zero-order valence-electron chi connectivity index (χ0n) is 12.6. The van der Waals surface area contributed by atoms with Gasteiger partial charge in [-0.25, -0.2) is 0 Å². The van der Waals surface area contributed by atoms with Gasteiger partial charge < -0.3 is 18.9 Å². The Balaban J connectivity index is 3.76. The maximum Gasteiger partial charge on any atom is 0.307 e. The third kappa shape index (κ3) is 11.9. The van der Waals surface area contributed by atoms with E-state index in [2.05, 4.69) is 9.64 Å². The number of ether oxygens (including phenoxy) is 4. The summed E-state index contributed by atoms with van der Waals surface area (Å²) in [6, 6.07) is 0. The molecule has 0 aliphatic rings. The smallest absolute Gasteiger partial charge is 0.307 e. The van der Waals surface area contributed by atoms with E-state index in [1.807, 2.05) is 0 Å². The third-order valence-corrected chi connectivity index (χ3v) is 2.51. The predicted molar refractivity (Wildman–Crippen MR) is 72.4 cm³/mol. The van der Waals surface area contributed by atoms with Gasteiger partial charge in [0, 0.05) is 40.8 Å². The first kappa shape index (κ1) is 18.8. The van der Waals surface area contributed by atoms with Crippen LogP contribution in [-0.2, 0) is 28.5 Å². The highest BCUT2D eigenvalue weighted by atomic mass is 16.6. The number of hydrogen-bond acceptors (Lipinski definition) is 7. The Kier molecular flexibility index (Phi) is 12.1. The Bertz CT molecular complexity index is 264. The van der Waals surface area contributed by atoms with Crippen LogP contribution in [0.2, 0.25) is 0 Å². The Morgan fingerprint density at radius 2 is 1.40 bits per heavy atom. The molecule has 0 aromatic carbocycles. The molecule has 0 radical (unpaired) electrons. The summed E-state index contributed by atoms with van der Waals surface area (Å²) >= 11 is 0. The molecule has 0 aromatic heterocycles. The summed E-state index contributed by atoms with van der Waals surface area (Å²) < 4.78 is 19.6. The highest BCUT2D eigenvalue weighted by molar-refractivity contribution is 5.69. The molecule has 0 fully saturated rings. The zero-order valence-corrected chi connectivity index (χ0v) is 12.6. The van der Waals surface area contributed by atoms with Crippen LogP contribution >= 0.6 is 0 Å². The highest BCUT2D eigenvalue weighted by Crippen LogP contribution is 1.95. The van der Waals surface area contributed by atoms with Crippen LogP contribution in [0.3, 0.4) is 0 Å². The third-order valence-electron chi connectivity index (χ3n) is 2.51. The van der Waals surface area contributed by atoms with Gasteiger partial charge in [0.25, 0.3) is 0 Å². The summed E-state index contributed by atoms with van der Waals surface area (Å²) in [5.74, 6) is -0.691. The van der Waals surface area contributed by atoms with Gasteiger partial charge in [-0.3, -0.25) is 14.5 Å². The Morgan fingerprint density at radius 1 is 0.850 bits per heavy atom. The van der Waals surface area contributed by atoms with Crippen LogP contribution in [0.15, 0.2) is 0 Å². The lowest BCUT2D eigenvalue weighted by Gasteiger charge is -2.20. The number of hydrogen-bond donors (Lipinski definition) is 0. The maximum atomic E-state index is 11.5. The Hall–Kier alpha value is -1.18. The fourth-order valence-corrected chi connectivity index (χ4v) is 1.44. The largest absolute Gasteiger partial charge is 0.462 e. The van der Waals surface area contributed by atoms with Crippen molar-refractivity contribution in [3.05, 3.63) is 0 Å². The van der Waals surface area contributed by atoms with E-state index in [1.165, 1.54) is 6.92 Å². The topological polar surface area (TPSA) is 74.3 Å². The molecule has 0 unspecified atom stereocenters. The molecule has 0 amide bonds. The summed E-state index contributed by atoms with van der Waals surface area (Å²) in [4.78, 5) is 24.1. The van der Waals surface area contributed by atoms with Crippen molar-refractivity contribution in [3.63, 3.8) is 0 Å². The first-order valence-electron chi connectivity index (χ1n) is 6.59. The van der Waals surface area contributed by atoms with Crippen LogP contribution in [0.4, 0.5) is 0 Å². The lowest BCUT2D eigenvalue weighted by Crippen LogP contribution is -2.33. The highest BCUT2D eigenvalue weighted by Gasteiger charge is 2.09. The van der Waals surface area contributed by atoms with Crippen LogP contribution in [-0.4, -0.2) is 77.1 Å². The van der Waals surface area contributed by atoms with Gasteiger partial charge in [-0.15, -0.1) is 0 Å². The standard InChI is InChI=1S/C13H25NO6/c1-12(15)19-10-11-20-13(16)4-5-14(6-8-17-2)7-9-18-3/h4-11H2,1-3H3. The van der Waals surface area contributed by atoms with E-state index in [1.54, 1.807) is 14.2 Å². The molecular weight excluding hydrogens is 266 g/mol. The van der Waals surface area contributed by atoms with Crippen LogP contribution in [0, 0.1) is 0 Å². The average Bonchev–Trinajstić information content (AvgIpc) is 2.42. The van der Waals surface area contributed by atoms with Gasteiger partial charge in [0.05, 0.1) is 19.6 Å². The van der Waals surface area contributed by atoms with Crippen molar-refractivity contribution in [3.8, 4) is 0 Å². The minimum absolute atomic E-state index is 0.0918. The molecule has 7 nitrogen and oxygen atoms in total. The van der Waals surface area contributed by atoms with E-state index >= 15 is 0 Å². The SMILES string of the molecule is COCCN(CCOC)CCC(=O)OCCOC(C)=O. The number of methoxy groups -OCH3 is 2. The molecule has 0 saturated heterocycles. The molecule has 7 heteroatoms. The fraction of sp³-hybridized carbons (Fsp3) is 0.846. The lowest BCUT2D eigenvalue weighted by molar-refractivity contribution is -0.151. The van der Waals surface area contributed by atoms with Crippen molar-refractivity contribution in [2.24, 2.45) is 0 Å². The normalized spacial score (nSPS) is 10.6. The summed E-state index contributed by atoms with van der Waals surface area (Å²) in [7, 11) is 3.27. The molecule has 0 aliphatic heterocycles. The van der Waals surface area contributed by atoms with Gasteiger partial charge in [-0.1, -0.05) is 0 Å². The summed E-state index contributed by atoms with van der Waals surface area (Å²) in [6.07, 6.45) is 0.285. The molecule has 0 rings (SSSR count). The van der Waals surface area contributed by atoms with E-state index in [-0.39, 0.29) is 31.6 Å². The van der Waals surface area contributed by atoms with Crippen molar-refractivity contribution in [1.29, 1.82) is 0 Å². The molecule has 0 saturated carbocycles. The van der Waals surface area contributed by atoms with Gasteiger partial charge in [0.1, 0.15) is 13.2 Å². The van der Waals surface area contributed by atoms with E-state index in [0.29, 0.717) is 19.8 Å². The fourth-order valence-electron chi connectivity index (χ4n) is 1.44. The van der Waals surface area contributed by atoms with Crippen molar-refractivity contribution in [2.45, 2.75) is 13.3 Å². The quantitative estimate of drug-likeness (QED) is 0.372. The first-order chi connectivity index (χ1) is 9.60. The number of carbonyl (C=O) groups excluding carboxylic acids is 2. The lowest BCUT2D eigenvalue weighted by atomic mass is 10.3. The number of carbonyl (C=O) groups is 2. The summed E-state index contributed by atoms with van der Waals surface area (Å²) in [5.41, 5.74) is 0. The molecule has 0 bridgehead atoms. The van der Waals surface area contributed by atoms with Crippen LogP contribution in [0.1, 0.15) is 13.3 Å². The van der Waals surface area contributed by atoms with E-state index in [4.69, 9.17) is 14.2 Å². The summed E-state index contributed by atoms with van der Waals surface area (Å²) in [5, 5.41) is 0. The molecule has 0 aliphatic carbocycles. The van der Waals surface area contributed by atoms with E-state index < -0.39 is 0 Å². The second-order valence-corrected chi connectivity index (χ2v) is 4.14. The van der Waals surface area contributed by atoms with E-state index in [0.717, 1.165) is 13.1 Å². The first-order valence-corrected chi connectivity index (χ1v) is 6.59. The van der Waals surface area contributed by atoms with Gasteiger partial charge in [0.2, 0.25) is 0 Å². The minimum Gasteiger partial charge on any atom is -0.462 e. The Labute approximate surface area is 120 Å². The molecule has 0 spiro atoms. The van der Waals surface area contributed by atoms with E-state index in [9.17, 15) is 9.59 Å². The molecular formula is C13H25NO6. The molecule has 20 heavy (non-hydrogen) atoms. The minimum atomic E-state index is -0.383. The van der Waals surface area contributed by atoms with Crippen LogP contribution in [0.25, 0.3) is 0 Å². The van der Waals surface area contributed by atoms with Crippen molar-refractivity contribution < 1.29 is 28.5 Å².